The molecule has 1 saturated heterocycles. The standard InChI is InChI=1S/C27H29FN6O/c1-18-14-33(17-30-18)23-7-4-19(11-25(23)35-3)10-20-12-27(8-9-27)16-34-24(15-32(2)31-26(20)34)22-6-5-21(28)13-29-22/h4-7,10-11,13-14,17,24H,8-9,12,15-16H2,1-3H3. The van der Waals surface area contributed by atoms with E-state index in [0.29, 0.717) is 0 Å². The summed E-state index contributed by atoms with van der Waals surface area (Å²) in [5, 5.41) is 6.92. The maximum Gasteiger partial charge on any atom is 0.152 e. The summed E-state index contributed by atoms with van der Waals surface area (Å²) in [6.45, 7) is 3.66. The van der Waals surface area contributed by atoms with Crippen molar-refractivity contribution in [2.24, 2.45) is 10.5 Å². The highest BCUT2D eigenvalue weighted by Gasteiger charge is 2.51. The van der Waals surface area contributed by atoms with Crippen molar-refractivity contribution in [2.75, 3.05) is 27.2 Å². The highest BCUT2D eigenvalue weighted by Crippen LogP contribution is 2.55. The molecule has 8 heteroatoms. The van der Waals surface area contributed by atoms with Crippen LogP contribution in [0.1, 0.15) is 42.3 Å². The van der Waals surface area contributed by atoms with Crippen LogP contribution in [0.25, 0.3) is 11.8 Å². The van der Waals surface area contributed by atoms with Gasteiger partial charge in [0.25, 0.3) is 0 Å². The van der Waals surface area contributed by atoms with Gasteiger partial charge in [0.1, 0.15) is 11.6 Å². The first-order valence-corrected chi connectivity index (χ1v) is 12.0. The number of hydrogen-bond acceptors (Lipinski definition) is 6. The zero-order chi connectivity index (χ0) is 24.2. The lowest BCUT2D eigenvalue weighted by atomic mass is 9.87. The third kappa shape index (κ3) is 4.07. The average Bonchev–Trinajstić information content (AvgIpc) is 3.45. The van der Waals surface area contributed by atoms with E-state index in [1.54, 1.807) is 19.5 Å². The molecule has 2 fully saturated rings. The molecule has 6 rings (SSSR count). The first-order valence-electron chi connectivity index (χ1n) is 12.0. The SMILES string of the molecule is COc1cc(C=C2CC3(CC3)CN3C2=NN(C)CC3c2ccc(F)cn2)ccc1-n1cnc(C)c1. The molecule has 7 nitrogen and oxygen atoms in total. The number of hydrogen-bond donors (Lipinski definition) is 0. The van der Waals surface area contributed by atoms with Crippen LogP contribution in [0, 0.1) is 18.2 Å². The highest BCUT2D eigenvalue weighted by atomic mass is 19.1. The van der Waals surface area contributed by atoms with Gasteiger partial charge in [-0.1, -0.05) is 6.07 Å². The lowest BCUT2D eigenvalue weighted by molar-refractivity contribution is 0.153. The van der Waals surface area contributed by atoms with Crippen LogP contribution in [0.4, 0.5) is 4.39 Å². The summed E-state index contributed by atoms with van der Waals surface area (Å²) in [4.78, 5) is 11.2. The molecule has 1 aromatic carbocycles. The van der Waals surface area contributed by atoms with E-state index < -0.39 is 0 Å². The molecule has 1 spiro atoms. The molecule has 1 aliphatic carbocycles. The van der Waals surface area contributed by atoms with Crippen molar-refractivity contribution in [3.8, 4) is 11.4 Å². The summed E-state index contributed by atoms with van der Waals surface area (Å²) in [5.41, 5.74) is 5.38. The van der Waals surface area contributed by atoms with Crippen LogP contribution in [0.5, 0.6) is 5.75 Å². The van der Waals surface area contributed by atoms with Crippen molar-refractivity contribution in [3.05, 3.63) is 77.4 Å². The maximum atomic E-state index is 13.6. The van der Waals surface area contributed by atoms with Gasteiger partial charge in [0.2, 0.25) is 0 Å². The van der Waals surface area contributed by atoms with Crippen LogP contribution in [-0.2, 0) is 0 Å². The van der Waals surface area contributed by atoms with E-state index in [2.05, 4.69) is 39.1 Å². The number of aromatic nitrogens is 3. The molecule has 0 amide bonds. The number of halogens is 1. The lowest BCUT2D eigenvalue weighted by Gasteiger charge is -2.46. The fraction of sp³-hybridized carbons (Fsp3) is 0.370. The number of amidine groups is 1. The largest absolute Gasteiger partial charge is 0.495 e. The number of benzene rings is 1. The molecule has 35 heavy (non-hydrogen) atoms. The lowest BCUT2D eigenvalue weighted by Crippen LogP contribution is -2.51. The number of methoxy groups -OCH3 is 1. The summed E-state index contributed by atoms with van der Waals surface area (Å²) in [6, 6.07) is 9.59. The van der Waals surface area contributed by atoms with Gasteiger partial charge in [0.15, 0.2) is 5.84 Å². The molecular weight excluding hydrogens is 443 g/mol. The normalized spacial score (nSPS) is 21.8. The number of aryl methyl sites for hydroxylation is 1. The van der Waals surface area contributed by atoms with Gasteiger partial charge in [-0.2, -0.15) is 5.10 Å². The third-order valence-electron chi connectivity index (χ3n) is 7.29. The number of ether oxygens (including phenoxy) is 1. The maximum absolute atomic E-state index is 13.6. The zero-order valence-electron chi connectivity index (χ0n) is 20.3. The topological polar surface area (TPSA) is 58.8 Å². The van der Waals surface area contributed by atoms with E-state index in [9.17, 15) is 4.39 Å². The number of piperidine rings is 1. The number of likely N-dealkylation sites (N-methyl/N-ethyl adjacent to an activating group) is 1. The Balaban J connectivity index is 1.38. The number of rotatable bonds is 4. The number of hydrazone groups is 1. The Bertz CT molecular complexity index is 1320. The molecule has 3 aliphatic rings. The van der Waals surface area contributed by atoms with Crippen molar-refractivity contribution in [1.82, 2.24) is 24.4 Å². The molecule has 4 heterocycles. The molecule has 1 saturated carbocycles. The molecule has 2 aromatic heterocycles. The van der Waals surface area contributed by atoms with Crippen LogP contribution in [0.2, 0.25) is 0 Å². The first kappa shape index (κ1) is 21.8. The Morgan fingerprint density at radius 3 is 2.71 bits per heavy atom. The summed E-state index contributed by atoms with van der Waals surface area (Å²) < 4.78 is 21.3. The van der Waals surface area contributed by atoms with E-state index in [1.165, 1.54) is 30.7 Å². The quantitative estimate of drug-likeness (QED) is 0.556. The Labute approximate surface area is 204 Å². The summed E-state index contributed by atoms with van der Waals surface area (Å²) in [5.74, 6) is 1.47. The number of imidazole rings is 1. The minimum Gasteiger partial charge on any atom is -0.495 e. The highest BCUT2D eigenvalue weighted by molar-refractivity contribution is 6.03. The Morgan fingerprint density at radius 2 is 2.03 bits per heavy atom. The third-order valence-corrected chi connectivity index (χ3v) is 7.29. The van der Waals surface area contributed by atoms with E-state index >= 15 is 0 Å². The first-order chi connectivity index (χ1) is 16.9. The van der Waals surface area contributed by atoms with Crippen LogP contribution in [0.3, 0.4) is 0 Å². The van der Waals surface area contributed by atoms with Crippen molar-refractivity contribution in [1.29, 1.82) is 0 Å². The van der Waals surface area contributed by atoms with Gasteiger partial charge in [-0.15, -0.1) is 0 Å². The zero-order valence-corrected chi connectivity index (χ0v) is 20.3. The monoisotopic (exact) mass is 472 g/mol. The van der Waals surface area contributed by atoms with Gasteiger partial charge in [-0.3, -0.25) is 9.99 Å². The van der Waals surface area contributed by atoms with Crippen molar-refractivity contribution in [2.45, 2.75) is 32.2 Å². The van der Waals surface area contributed by atoms with Crippen LogP contribution >= 0.6 is 0 Å². The van der Waals surface area contributed by atoms with Crippen LogP contribution in [0.15, 0.2) is 59.7 Å². The average molecular weight is 473 g/mol. The van der Waals surface area contributed by atoms with Crippen molar-refractivity contribution >= 4 is 11.9 Å². The minimum atomic E-state index is -0.312. The second-order valence-electron chi connectivity index (χ2n) is 10.0. The van der Waals surface area contributed by atoms with E-state index in [1.807, 2.05) is 29.7 Å². The smallest absolute Gasteiger partial charge is 0.152 e. The molecule has 3 aromatic rings. The Morgan fingerprint density at radius 1 is 1.17 bits per heavy atom. The number of fused-ring (bicyclic) bond motifs is 1. The minimum absolute atomic E-state index is 0.0377. The molecule has 0 bridgehead atoms. The molecular formula is C27H29FN6O. The van der Waals surface area contributed by atoms with Crippen LogP contribution in [-0.4, -0.2) is 57.5 Å². The Kier molecular flexibility index (Phi) is 5.12. The van der Waals surface area contributed by atoms with Gasteiger partial charge < -0.3 is 14.2 Å². The number of nitrogens with zero attached hydrogens (tertiary/aromatic N) is 6. The van der Waals surface area contributed by atoms with Gasteiger partial charge in [0, 0.05) is 19.8 Å². The molecule has 1 atom stereocenters. The fourth-order valence-corrected chi connectivity index (χ4v) is 5.31. The second kappa shape index (κ2) is 8.22. The van der Waals surface area contributed by atoms with Crippen molar-refractivity contribution < 1.29 is 9.13 Å². The van der Waals surface area contributed by atoms with Gasteiger partial charge >= 0.3 is 0 Å². The molecule has 0 radical (unpaired) electrons. The second-order valence-corrected chi connectivity index (χ2v) is 10.0. The fourth-order valence-electron chi connectivity index (χ4n) is 5.31. The van der Waals surface area contributed by atoms with E-state index in [4.69, 9.17) is 9.84 Å². The van der Waals surface area contributed by atoms with E-state index in [0.717, 1.165) is 53.7 Å². The molecule has 0 N–H and O–H groups in total. The number of pyridine rings is 1. The van der Waals surface area contributed by atoms with Crippen molar-refractivity contribution in [3.63, 3.8) is 0 Å². The molecule has 180 valence electrons. The molecule has 1 unspecified atom stereocenters. The summed E-state index contributed by atoms with van der Waals surface area (Å²) >= 11 is 0. The summed E-state index contributed by atoms with van der Waals surface area (Å²) in [7, 11) is 3.69. The Hall–Kier alpha value is -3.68. The summed E-state index contributed by atoms with van der Waals surface area (Å²) in [6.07, 6.45) is 10.8. The van der Waals surface area contributed by atoms with Gasteiger partial charge in [-0.05, 0) is 73.1 Å². The van der Waals surface area contributed by atoms with Crippen LogP contribution < -0.4 is 4.74 Å². The molecule has 2 aliphatic heterocycles. The van der Waals surface area contributed by atoms with Gasteiger partial charge in [-0.25, -0.2) is 9.37 Å². The van der Waals surface area contributed by atoms with E-state index in [-0.39, 0.29) is 17.3 Å². The van der Waals surface area contributed by atoms with Gasteiger partial charge in [0.05, 0.1) is 49.3 Å². The predicted molar refractivity (Wildman–Crippen MR) is 133 cm³/mol. The predicted octanol–water partition coefficient (Wildman–Crippen LogP) is 4.59.